The molecule has 0 nitrogen and oxygen atoms in total. The minimum atomic E-state index is 0.137. The molecule has 2 aromatic carbocycles. The van der Waals surface area contributed by atoms with E-state index in [0.717, 1.165) is 6.42 Å². The van der Waals surface area contributed by atoms with Gasteiger partial charge in [0.1, 0.15) is 0 Å². The Bertz CT molecular complexity index is 509. The second-order valence-corrected chi connectivity index (χ2v) is 6.03. The van der Waals surface area contributed by atoms with Crippen LogP contribution in [0, 0.1) is 0 Å². The molecule has 17 heavy (non-hydrogen) atoms. The van der Waals surface area contributed by atoms with Gasteiger partial charge in [-0.2, -0.15) is 0 Å². The zero-order valence-corrected chi connectivity index (χ0v) is 10.9. The highest BCUT2D eigenvalue weighted by Crippen LogP contribution is 2.50. The molecule has 0 bridgehead atoms. The fourth-order valence-electron chi connectivity index (χ4n) is 2.23. The van der Waals surface area contributed by atoms with Crippen molar-refractivity contribution in [3.63, 3.8) is 0 Å². The molecule has 1 aliphatic rings. The first-order valence-electron chi connectivity index (χ1n) is 5.79. The summed E-state index contributed by atoms with van der Waals surface area (Å²) in [4.78, 5) is 1.33. The molecular formula is C15H13ClS. The van der Waals surface area contributed by atoms with Crippen molar-refractivity contribution in [3.05, 3.63) is 65.7 Å². The van der Waals surface area contributed by atoms with Crippen LogP contribution in [-0.2, 0) is 0 Å². The molecule has 2 aromatic rings. The molecule has 0 aliphatic carbocycles. The van der Waals surface area contributed by atoms with Crippen LogP contribution in [0.1, 0.15) is 28.2 Å². The van der Waals surface area contributed by atoms with Gasteiger partial charge in [-0.15, -0.1) is 23.4 Å². The summed E-state index contributed by atoms with van der Waals surface area (Å²) < 4.78 is 0. The number of benzene rings is 2. The third-order valence-corrected chi connectivity index (χ3v) is 4.91. The van der Waals surface area contributed by atoms with E-state index in [2.05, 4.69) is 54.6 Å². The molecule has 3 rings (SSSR count). The molecule has 0 N–H and O–H groups in total. The zero-order valence-electron chi connectivity index (χ0n) is 9.34. The standard InChI is InChI=1S/C15H13ClS/c16-13-10-15(11-6-2-1-3-7-11)17-14-9-5-4-8-12(13)14/h1-9,13,15H,10H2. The molecule has 0 spiro atoms. The Balaban J connectivity index is 1.94. The minimum absolute atomic E-state index is 0.137. The van der Waals surface area contributed by atoms with E-state index < -0.39 is 0 Å². The van der Waals surface area contributed by atoms with Gasteiger partial charge in [0, 0.05) is 10.1 Å². The number of thioether (sulfide) groups is 1. The molecule has 0 saturated heterocycles. The van der Waals surface area contributed by atoms with Gasteiger partial charge in [0.25, 0.3) is 0 Å². The molecule has 2 heteroatoms. The van der Waals surface area contributed by atoms with Crippen LogP contribution in [0.2, 0.25) is 0 Å². The lowest BCUT2D eigenvalue weighted by molar-refractivity contribution is 0.747. The first kappa shape index (κ1) is 11.2. The van der Waals surface area contributed by atoms with E-state index in [0.29, 0.717) is 5.25 Å². The molecular weight excluding hydrogens is 248 g/mol. The molecule has 1 heterocycles. The van der Waals surface area contributed by atoms with Crippen molar-refractivity contribution < 1.29 is 0 Å². The molecule has 2 atom stereocenters. The van der Waals surface area contributed by atoms with E-state index in [-0.39, 0.29) is 5.38 Å². The van der Waals surface area contributed by atoms with E-state index >= 15 is 0 Å². The predicted molar refractivity (Wildman–Crippen MR) is 74.7 cm³/mol. The lowest BCUT2D eigenvalue weighted by Crippen LogP contribution is -2.06. The minimum Gasteiger partial charge on any atom is -0.118 e. The van der Waals surface area contributed by atoms with E-state index in [1.165, 1.54) is 16.0 Å². The summed E-state index contributed by atoms with van der Waals surface area (Å²) in [6.07, 6.45) is 1.01. The summed E-state index contributed by atoms with van der Waals surface area (Å²) in [7, 11) is 0. The average Bonchev–Trinajstić information content (AvgIpc) is 2.40. The Morgan fingerprint density at radius 1 is 0.941 bits per heavy atom. The summed E-state index contributed by atoms with van der Waals surface area (Å²) >= 11 is 8.41. The number of halogens is 1. The van der Waals surface area contributed by atoms with Crippen LogP contribution < -0.4 is 0 Å². The van der Waals surface area contributed by atoms with E-state index in [9.17, 15) is 0 Å². The summed E-state index contributed by atoms with van der Waals surface area (Å²) in [5.41, 5.74) is 2.66. The topological polar surface area (TPSA) is 0 Å². The monoisotopic (exact) mass is 260 g/mol. The van der Waals surface area contributed by atoms with E-state index in [1.54, 1.807) is 0 Å². The highest BCUT2D eigenvalue weighted by molar-refractivity contribution is 7.99. The van der Waals surface area contributed by atoms with Gasteiger partial charge in [-0.1, -0.05) is 48.5 Å². The fourth-order valence-corrected chi connectivity index (χ4v) is 4.17. The van der Waals surface area contributed by atoms with Gasteiger partial charge in [0.05, 0.1) is 5.38 Å². The predicted octanol–water partition coefficient (Wildman–Crippen LogP) is 5.20. The second-order valence-electron chi connectivity index (χ2n) is 4.26. The molecule has 0 amide bonds. The number of rotatable bonds is 1. The first-order valence-corrected chi connectivity index (χ1v) is 7.11. The second kappa shape index (κ2) is 4.75. The number of fused-ring (bicyclic) bond motifs is 1. The Morgan fingerprint density at radius 3 is 2.47 bits per heavy atom. The molecule has 2 unspecified atom stereocenters. The molecule has 0 saturated carbocycles. The molecule has 0 radical (unpaired) electrons. The highest BCUT2D eigenvalue weighted by atomic mass is 35.5. The maximum Gasteiger partial charge on any atom is 0.0610 e. The lowest BCUT2D eigenvalue weighted by atomic mass is 10.0. The molecule has 1 aliphatic heterocycles. The highest BCUT2D eigenvalue weighted by Gasteiger charge is 2.26. The van der Waals surface area contributed by atoms with Crippen LogP contribution >= 0.6 is 23.4 Å². The average molecular weight is 261 g/mol. The van der Waals surface area contributed by atoms with Gasteiger partial charge in [-0.3, -0.25) is 0 Å². The smallest absolute Gasteiger partial charge is 0.0610 e. The van der Waals surface area contributed by atoms with Gasteiger partial charge in [-0.25, -0.2) is 0 Å². The Kier molecular flexibility index (Phi) is 3.13. The van der Waals surface area contributed by atoms with Crippen LogP contribution in [0.4, 0.5) is 0 Å². The first-order chi connectivity index (χ1) is 8.34. The van der Waals surface area contributed by atoms with Crippen molar-refractivity contribution in [2.45, 2.75) is 21.9 Å². The van der Waals surface area contributed by atoms with Crippen LogP contribution in [-0.4, -0.2) is 0 Å². The van der Waals surface area contributed by atoms with Crippen molar-refractivity contribution in [3.8, 4) is 0 Å². The summed E-state index contributed by atoms with van der Waals surface area (Å²) in [6, 6.07) is 19.1. The van der Waals surface area contributed by atoms with Gasteiger partial charge < -0.3 is 0 Å². The van der Waals surface area contributed by atoms with Gasteiger partial charge in [0.15, 0.2) is 0 Å². The van der Waals surface area contributed by atoms with Crippen molar-refractivity contribution >= 4 is 23.4 Å². The van der Waals surface area contributed by atoms with Crippen LogP contribution in [0.3, 0.4) is 0 Å². The van der Waals surface area contributed by atoms with Crippen LogP contribution in [0.5, 0.6) is 0 Å². The molecule has 86 valence electrons. The maximum absolute atomic E-state index is 6.48. The van der Waals surface area contributed by atoms with Crippen molar-refractivity contribution in [1.29, 1.82) is 0 Å². The zero-order chi connectivity index (χ0) is 11.7. The van der Waals surface area contributed by atoms with Gasteiger partial charge in [-0.05, 0) is 23.6 Å². The maximum atomic E-state index is 6.48. The lowest BCUT2D eigenvalue weighted by Gasteiger charge is -2.27. The van der Waals surface area contributed by atoms with Crippen LogP contribution in [0.25, 0.3) is 0 Å². The Hall–Kier alpha value is -0.920. The van der Waals surface area contributed by atoms with Crippen molar-refractivity contribution in [1.82, 2.24) is 0 Å². The largest absolute Gasteiger partial charge is 0.118 e. The summed E-state index contributed by atoms with van der Waals surface area (Å²) in [5.74, 6) is 0. The van der Waals surface area contributed by atoms with Crippen molar-refractivity contribution in [2.75, 3.05) is 0 Å². The third kappa shape index (κ3) is 2.22. The quantitative estimate of drug-likeness (QED) is 0.635. The van der Waals surface area contributed by atoms with Crippen LogP contribution in [0.15, 0.2) is 59.5 Å². The number of alkyl halides is 1. The third-order valence-electron chi connectivity index (χ3n) is 3.12. The molecule has 0 fully saturated rings. The Labute approximate surface area is 111 Å². The summed E-state index contributed by atoms with van der Waals surface area (Å²) in [5, 5.41) is 0.617. The summed E-state index contributed by atoms with van der Waals surface area (Å²) in [6.45, 7) is 0. The van der Waals surface area contributed by atoms with Gasteiger partial charge >= 0.3 is 0 Å². The van der Waals surface area contributed by atoms with E-state index in [1.807, 2.05) is 11.8 Å². The fraction of sp³-hybridized carbons (Fsp3) is 0.200. The number of hydrogen-bond acceptors (Lipinski definition) is 1. The van der Waals surface area contributed by atoms with Crippen molar-refractivity contribution in [2.24, 2.45) is 0 Å². The molecule has 0 aromatic heterocycles. The van der Waals surface area contributed by atoms with Gasteiger partial charge in [0.2, 0.25) is 0 Å². The van der Waals surface area contributed by atoms with E-state index in [4.69, 9.17) is 11.6 Å². The Morgan fingerprint density at radius 2 is 1.65 bits per heavy atom. The SMILES string of the molecule is ClC1CC(c2ccccc2)Sc2ccccc21. The normalized spacial score (nSPS) is 23.1. The number of hydrogen-bond donors (Lipinski definition) is 0.